The molecule has 1 amide bonds. The van der Waals surface area contributed by atoms with Gasteiger partial charge in [0.05, 0.1) is 6.61 Å². The molecule has 21 heavy (non-hydrogen) atoms. The van der Waals surface area contributed by atoms with Gasteiger partial charge < -0.3 is 10.0 Å². The SMILES string of the molecule is O=C([C@H]1C[C@@H]1c1ccc(F)cc1)N1CCN(CCO)CC1. The van der Waals surface area contributed by atoms with Crippen LogP contribution < -0.4 is 0 Å². The molecule has 2 aliphatic rings. The summed E-state index contributed by atoms with van der Waals surface area (Å²) in [6, 6.07) is 6.49. The van der Waals surface area contributed by atoms with Crippen LogP contribution in [0.5, 0.6) is 0 Å². The second-order valence-corrected chi connectivity index (χ2v) is 5.89. The maximum atomic E-state index is 12.9. The van der Waals surface area contributed by atoms with Gasteiger partial charge in [-0.15, -0.1) is 0 Å². The van der Waals surface area contributed by atoms with E-state index in [0.717, 1.165) is 38.2 Å². The van der Waals surface area contributed by atoms with E-state index in [4.69, 9.17) is 5.11 Å². The molecule has 0 unspecified atom stereocenters. The van der Waals surface area contributed by atoms with Gasteiger partial charge in [-0.1, -0.05) is 12.1 Å². The summed E-state index contributed by atoms with van der Waals surface area (Å²) < 4.78 is 12.9. The smallest absolute Gasteiger partial charge is 0.226 e. The average molecular weight is 292 g/mol. The van der Waals surface area contributed by atoms with E-state index in [1.54, 1.807) is 12.1 Å². The number of hydrogen-bond acceptors (Lipinski definition) is 3. The van der Waals surface area contributed by atoms with Crippen LogP contribution in [-0.4, -0.2) is 60.1 Å². The highest BCUT2D eigenvalue weighted by atomic mass is 19.1. The number of hydrogen-bond donors (Lipinski definition) is 1. The second kappa shape index (κ2) is 6.12. The molecule has 0 spiro atoms. The van der Waals surface area contributed by atoms with Crippen LogP contribution in [0.1, 0.15) is 17.9 Å². The van der Waals surface area contributed by atoms with Crippen molar-refractivity contribution in [2.75, 3.05) is 39.3 Å². The second-order valence-electron chi connectivity index (χ2n) is 5.89. The number of carbonyl (C=O) groups is 1. The molecule has 5 heteroatoms. The average Bonchev–Trinajstić information content (AvgIpc) is 3.29. The van der Waals surface area contributed by atoms with Crippen molar-refractivity contribution in [3.63, 3.8) is 0 Å². The minimum Gasteiger partial charge on any atom is -0.395 e. The van der Waals surface area contributed by atoms with Crippen molar-refractivity contribution in [1.29, 1.82) is 0 Å². The fourth-order valence-corrected chi connectivity index (χ4v) is 3.11. The molecular formula is C16H21FN2O2. The minimum atomic E-state index is -0.234. The lowest BCUT2D eigenvalue weighted by molar-refractivity contribution is -0.134. The van der Waals surface area contributed by atoms with Crippen molar-refractivity contribution in [2.24, 2.45) is 5.92 Å². The van der Waals surface area contributed by atoms with Crippen molar-refractivity contribution >= 4 is 5.91 Å². The Morgan fingerprint density at radius 1 is 1.19 bits per heavy atom. The van der Waals surface area contributed by atoms with Crippen molar-refractivity contribution < 1.29 is 14.3 Å². The molecule has 1 saturated heterocycles. The third kappa shape index (κ3) is 3.24. The molecule has 0 aromatic heterocycles. The van der Waals surface area contributed by atoms with Crippen LogP contribution in [0.3, 0.4) is 0 Å². The molecule has 1 N–H and O–H groups in total. The van der Waals surface area contributed by atoms with Crippen LogP contribution >= 0.6 is 0 Å². The first-order chi connectivity index (χ1) is 10.2. The summed E-state index contributed by atoms with van der Waals surface area (Å²) in [4.78, 5) is 16.6. The van der Waals surface area contributed by atoms with Gasteiger partial charge in [0.15, 0.2) is 0 Å². The fraction of sp³-hybridized carbons (Fsp3) is 0.562. The third-order valence-corrected chi connectivity index (χ3v) is 4.51. The molecule has 0 bridgehead atoms. The zero-order chi connectivity index (χ0) is 14.8. The number of nitrogens with zero attached hydrogens (tertiary/aromatic N) is 2. The zero-order valence-electron chi connectivity index (χ0n) is 12.0. The predicted molar refractivity (Wildman–Crippen MR) is 77.4 cm³/mol. The molecule has 1 aliphatic carbocycles. The predicted octanol–water partition coefficient (Wildman–Crippen LogP) is 1.07. The number of carbonyl (C=O) groups excluding carboxylic acids is 1. The molecule has 1 heterocycles. The molecule has 1 saturated carbocycles. The van der Waals surface area contributed by atoms with E-state index in [1.165, 1.54) is 12.1 Å². The standard InChI is InChI=1S/C16H21FN2O2/c17-13-3-1-12(2-4-13)14-11-15(14)16(21)19-7-5-18(6-8-19)9-10-20/h1-4,14-15,20H,5-11H2/t14-,15+/m1/s1. The monoisotopic (exact) mass is 292 g/mol. The van der Waals surface area contributed by atoms with Crippen LogP contribution in [-0.2, 0) is 4.79 Å². The van der Waals surface area contributed by atoms with Gasteiger partial charge in [0.25, 0.3) is 0 Å². The van der Waals surface area contributed by atoms with Crippen molar-refractivity contribution in [2.45, 2.75) is 12.3 Å². The van der Waals surface area contributed by atoms with E-state index in [0.29, 0.717) is 6.54 Å². The molecule has 1 aromatic rings. The van der Waals surface area contributed by atoms with Crippen LogP contribution in [0.2, 0.25) is 0 Å². The highest BCUT2D eigenvalue weighted by molar-refractivity contribution is 5.83. The Hall–Kier alpha value is -1.46. The topological polar surface area (TPSA) is 43.8 Å². The normalized spacial score (nSPS) is 25.9. The Kier molecular flexibility index (Phi) is 4.22. The number of aliphatic hydroxyl groups excluding tert-OH is 1. The van der Waals surface area contributed by atoms with Gasteiger partial charge in [-0.25, -0.2) is 4.39 Å². The number of amides is 1. The Morgan fingerprint density at radius 2 is 1.86 bits per heavy atom. The highest BCUT2D eigenvalue weighted by Crippen LogP contribution is 2.48. The van der Waals surface area contributed by atoms with Gasteiger partial charge in [0.2, 0.25) is 5.91 Å². The lowest BCUT2D eigenvalue weighted by atomic mass is 10.1. The largest absolute Gasteiger partial charge is 0.395 e. The summed E-state index contributed by atoms with van der Waals surface area (Å²) in [7, 11) is 0. The van der Waals surface area contributed by atoms with Crippen LogP contribution in [0.4, 0.5) is 4.39 Å². The maximum Gasteiger partial charge on any atom is 0.226 e. The quantitative estimate of drug-likeness (QED) is 0.902. The summed E-state index contributed by atoms with van der Waals surface area (Å²) in [5.41, 5.74) is 1.06. The molecule has 3 rings (SSSR count). The third-order valence-electron chi connectivity index (χ3n) is 4.51. The summed E-state index contributed by atoms with van der Waals surface area (Å²) >= 11 is 0. The number of β-amino-alcohol motifs (C(OH)–C–C–N with tert-alkyl or cyclic N) is 1. The molecule has 0 radical (unpaired) electrons. The summed E-state index contributed by atoms with van der Waals surface area (Å²) in [6.07, 6.45) is 0.876. The highest BCUT2D eigenvalue weighted by Gasteiger charge is 2.45. The van der Waals surface area contributed by atoms with E-state index in [9.17, 15) is 9.18 Å². The van der Waals surface area contributed by atoms with Gasteiger partial charge in [0.1, 0.15) is 5.82 Å². The number of rotatable bonds is 4. The number of benzene rings is 1. The molecular weight excluding hydrogens is 271 g/mol. The molecule has 114 valence electrons. The van der Waals surface area contributed by atoms with Gasteiger partial charge in [0, 0.05) is 38.6 Å². The Balaban J connectivity index is 1.52. The molecule has 1 aliphatic heterocycles. The summed E-state index contributed by atoms with van der Waals surface area (Å²) in [6.45, 7) is 4.00. The number of piperazine rings is 1. The number of halogens is 1. The fourth-order valence-electron chi connectivity index (χ4n) is 3.11. The first-order valence-corrected chi connectivity index (χ1v) is 7.56. The Morgan fingerprint density at radius 3 is 2.48 bits per heavy atom. The van der Waals surface area contributed by atoms with Crippen LogP contribution in [0.15, 0.2) is 24.3 Å². The zero-order valence-corrected chi connectivity index (χ0v) is 12.0. The van der Waals surface area contributed by atoms with E-state index < -0.39 is 0 Å². The van der Waals surface area contributed by atoms with Crippen molar-refractivity contribution in [3.8, 4) is 0 Å². The Labute approximate surface area is 124 Å². The first kappa shape index (κ1) is 14.5. The lowest BCUT2D eigenvalue weighted by Gasteiger charge is -2.34. The summed E-state index contributed by atoms with van der Waals surface area (Å²) in [5, 5.41) is 8.92. The van der Waals surface area contributed by atoms with Gasteiger partial charge in [-0.3, -0.25) is 9.69 Å². The number of aliphatic hydroxyl groups is 1. The molecule has 2 fully saturated rings. The van der Waals surface area contributed by atoms with E-state index in [1.807, 2.05) is 4.90 Å². The molecule has 2 atom stereocenters. The summed E-state index contributed by atoms with van der Waals surface area (Å²) in [5.74, 6) is 0.323. The lowest BCUT2D eigenvalue weighted by Crippen LogP contribution is -2.49. The van der Waals surface area contributed by atoms with Gasteiger partial charge in [-0.2, -0.15) is 0 Å². The van der Waals surface area contributed by atoms with Crippen molar-refractivity contribution in [1.82, 2.24) is 9.80 Å². The van der Waals surface area contributed by atoms with E-state index in [-0.39, 0.29) is 30.2 Å². The maximum absolute atomic E-state index is 12.9. The van der Waals surface area contributed by atoms with E-state index >= 15 is 0 Å². The van der Waals surface area contributed by atoms with Crippen molar-refractivity contribution in [3.05, 3.63) is 35.6 Å². The van der Waals surface area contributed by atoms with Crippen LogP contribution in [0.25, 0.3) is 0 Å². The first-order valence-electron chi connectivity index (χ1n) is 7.56. The minimum absolute atomic E-state index is 0.0693. The molecule has 1 aromatic carbocycles. The van der Waals surface area contributed by atoms with E-state index in [2.05, 4.69) is 4.90 Å². The van der Waals surface area contributed by atoms with Gasteiger partial charge >= 0.3 is 0 Å². The Bertz CT molecular complexity index is 498. The van der Waals surface area contributed by atoms with Gasteiger partial charge in [-0.05, 0) is 30.0 Å². The molecule has 4 nitrogen and oxygen atoms in total. The van der Waals surface area contributed by atoms with Crippen LogP contribution in [0, 0.1) is 11.7 Å².